The standard InChI is InChI=1S/C13H20N2OSi/c1-12(16)10-14-15(17(2,3)4)11-13-8-6-5-7-9-13/h5-10H,11H2,1-4H3. The van der Waals surface area contributed by atoms with Crippen molar-refractivity contribution in [3.05, 3.63) is 35.9 Å². The second-order valence-corrected chi connectivity index (χ2v) is 9.93. The Bertz CT molecular complexity index is 396. The van der Waals surface area contributed by atoms with Crippen LogP contribution in [0.1, 0.15) is 12.5 Å². The summed E-state index contributed by atoms with van der Waals surface area (Å²) in [6.07, 6.45) is 1.40. The van der Waals surface area contributed by atoms with E-state index in [0.717, 1.165) is 6.54 Å². The van der Waals surface area contributed by atoms with Gasteiger partial charge < -0.3 is 4.67 Å². The van der Waals surface area contributed by atoms with Crippen LogP contribution < -0.4 is 0 Å². The number of ketones is 1. The quantitative estimate of drug-likeness (QED) is 0.456. The van der Waals surface area contributed by atoms with Crippen LogP contribution in [0.4, 0.5) is 0 Å². The molecule has 0 atom stereocenters. The van der Waals surface area contributed by atoms with Crippen LogP contribution in [0.15, 0.2) is 35.4 Å². The zero-order valence-corrected chi connectivity index (χ0v) is 12.0. The lowest BCUT2D eigenvalue weighted by Crippen LogP contribution is -2.42. The largest absolute Gasteiger partial charge is 0.320 e. The molecule has 92 valence electrons. The molecule has 0 unspecified atom stereocenters. The van der Waals surface area contributed by atoms with Crippen LogP contribution in [0.3, 0.4) is 0 Å². The van der Waals surface area contributed by atoms with Crippen LogP contribution in [0, 0.1) is 0 Å². The summed E-state index contributed by atoms with van der Waals surface area (Å²) in [4.78, 5) is 11.0. The number of nitrogens with zero attached hydrogens (tertiary/aromatic N) is 2. The summed E-state index contributed by atoms with van der Waals surface area (Å²) in [6.45, 7) is 8.93. The molecule has 0 fully saturated rings. The molecule has 17 heavy (non-hydrogen) atoms. The van der Waals surface area contributed by atoms with Crippen LogP contribution in [0.2, 0.25) is 19.6 Å². The van der Waals surface area contributed by atoms with Gasteiger partial charge in [0.05, 0.1) is 12.8 Å². The number of benzene rings is 1. The van der Waals surface area contributed by atoms with Gasteiger partial charge in [-0.1, -0.05) is 50.0 Å². The summed E-state index contributed by atoms with van der Waals surface area (Å²) in [7, 11) is -1.55. The fourth-order valence-electron chi connectivity index (χ4n) is 1.36. The molecule has 3 nitrogen and oxygen atoms in total. The van der Waals surface area contributed by atoms with Gasteiger partial charge in [0.1, 0.15) is 0 Å². The highest BCUT2D eigenvalue weighted by Crippen LogP contribution is 2.14. The van der Waals surface area contributed by atoms with Crippen LogP contribution >= 0.6 is 0 Å². The first-order chi connectivity index (χ1) is 7.89. The maximum atomic E-state index is 11.0. The third-order valence-corrected chi connectivity index (χ3v) is 4.15. The zero-order chi connectivity index (χ0) is 12.9. The Hall–Kier alpha value is -1.42. The maximum absolute atomic E-state index is 11.0. The maximum Gasteiger partial charge on any atom is 0.172 e. The number of hydrogen-bond acceptors (Lipinski definition) is 3. The molecule has 0 heterocycles. The van der Waals surface area contributed by atoms with Crippen LogP contribution in [-0.4, -0.2) is 24.9 Å². The van der Waals surface area contributed by atoms with Gasteiger partial charge in [-0.3, -0.25) is 4.79 Å². The van der Waals surface area contributed by atoms with Crippen LogP contribution in [-0.2, 0) is 11.3 Å². The lowest BCUT2D eigenvalue weighted by atomic mass is 10.2. The van der Waals surface area contributed by atoms with Crippen molar-refractivity contribution in [3.8, 4) is 0 Å². The normalized spacial score (nSPS) is 11.8. The number of rotatable bonds is 5. The van der Waals surface area contributed by atoms with Gasteiger partial charge in [0, 0.05) is 6.92 Å². The van der Waals surface area contributed by atoms with Crippen LogP contribution in [0.25, 0.3) is 0 Å². The van der Waals surface area contributed by atoms with Crippen LogP contribution in [0.5, 0.6) is 0 Å². The third kappa shape index (κ3) is 4.95. The van der Waals surface area contributed by atoms with Crippen molar-refractivity contribution in [2.24, 2.45) is 5.10 Å². The summed E-state index contributed by atoms with van der Waals surface area (Å²) in [5, 5.41) is 4.31. The van der Waals surface area contributed by atoms with E-state index in [9.17, 15) is 4.79 Å². The molecule has 0 spiro atoms. The van der Waals surface area contributed by atoms with E-state index in [2.05, 4.69) is 41.5 Å². The fraction of sp³-hybridized carbons (Fsp3) is 0.385. The molecule has 0 aliphatic rings. The minimum absolute atomic E-state index is 0.0127. The van der Waals surface area contributed by atoms with Crippen molar-refractivity contribution in [2.75, 3.05) is 0 Å². The molecule has 1 aromatic carbocycles. The van der Waals surface area contributed by atoms with Crippen molar-refractivity contribution in [1.82, 2.24) is 4.67 Å². The van der Waals surface area contributed by atoms with Crippen molar-refractivity contribution in [3.63, 3.8) is 0 Å². The summed E-state index contributed by atoms with van der Waals surface area (Å²) in [5.74, 6) is -0.0127. The number of hydrogen-bond donors (Lipinski definition) is 0. The van der Waals surface area contributed by atoms with E-state index in [-0.39, 0.29) is 5.78 Å². The lowest BCUT2D eigenvalue weighted by molar-refractivity contribution is -0.110. The first-order valence-corrected chi connectivity index (χ1v) is 9.20. The monoisotopic (exact) mass is 248 g/mol. The first kappa shape index (κ1) is 13.6. The third-order valence-electron chi connectivity index (χ3n) is 2.33. The molecule has 0 saturated carbocycles. The fourth-order valence-corrected chi connectivity index (χ4v) is 2.42. The average Bonchev–Trinajstić information content (AvgIpc) is 2.23. The van der Waals surface area contributed by atoms with Gasteiger partial charge in [-0.25, -0.2) is 0 Å². The highest BCUT2D eigenvalue weighted by molar-refractivity contribution is 6.73. The molecule has 4 heteroatoms. The second kappa shape index (κ2) is 5.77. The predicted molar refractivity (Wildman–Crippen MR) is 74.5 cm³/mol. The van der Waals surface area contributed by atoms with Crippen molar-refractivity contribution >= 4 is 20.2 Å². The lowest BCUT2D eigenvalue weighted by Gasteiger charge is -2.31. The van der Waals surface area contributed by atoms with E-state index >= 15 is 0 Å². The topological polar surface area (TPSA) is 32.7 Å². The van der Waals surface area contributed by atoms with Gasteiger partial charge in [-0.2, -0.15) is 5.10 Å². The minimum Gasteiger partial charge on any atom is -0.320 e. The van der Waals surface area contributed by atoms with Gasteiger partial charge in [0.25, 0.3) is 0 Å². The number of carbonyl (C=O) groups is 1. The molecular weight excluding hydrogens is 228 g/mol. The number of Topliss-reactive ketones (excluding diaryl/α,β-unsaturated/α-hetero) is 1. The van der Waals surface area contributed by atoms with E-state index in [1.165, 1.54) is 18.7 Å². The van der Waals surface area contributed by atoms with Gasteiger partial charge in [0.2, 0.25) is 0 Å². The summed E-state index contributed by atoms with van der Waals surface area (Å²) in [6, 6.07) is 10.2. The molecule has 0 aliphatic carbocycles. The van der Waals surface area contributed by atoms with E-state index in [0.29, 0.717) is 0 Å². The molecular formula is C13H20N2OSi. The second-order valence-electron chi connectivity index (χ2n) is 5.07. The molecule has 0 bridgehead atoms. The van der Waals surface area contributed by atoms with Crippen molar-refractivity contribution < 1.29 is 4.79 Å². The minimum atomic E-state index is -1.55. The van der Waals surface area contributed by atoms with E-state index < -0.39 is 8.24 Å². The van der Waals surface area contributed by atoms with E-state index in [1.807, 2.05) is 18.2 Å². The van der Waals surface area contributed by atoms with Crippen molar-refractivity contribution in [1.29, 1.82) is 0 Å². The molecule has 0 aromatic heterocycles. The molecule has 0 aliphatic heterocycles. The predicted octanol–water partition coefficient (Wildman–Crippen LogP) is 2.90. The summed E-state index contributed by atoms with van der Waals surface area (Å²) >= 11 is 0. The van der Waals surface area contributed by atoms with Gasteiger partial charge in [-0.15, -0.1) is 0 Å². The first-order valence-electron chi connectivity index (χ1n) is 5.76. The molecule has 0 N–H and O–H groups in total. The summed E-state index contributed by atoms with van der Waals surface area (Å²) < 4.78 is 2.06. The molecule has 0 radical (unpaired) electrons. The zero-order valence-electron chi connectivity index (χ0n) is 11.0. The SMILES string of the molecule is CC(=O)C=NN(Cc1ccccc1)[Si](C)(C)C. The molecule has 1 aromatic rings. The van der Waals surface area contributed by atoms with Gasteiger partial charge in [-0.05, 0) is 5.56 Å². The highest BCUT2D eigenvalue weighted by atomic mass is 28.3. The van der Waals surface area contributed by atoms with Crippen molar-refractivity contribution in [2.45, 2.75) is 33.1 Å². The Morgan fingerprint density at radius 1 is 1.29 bits per heavy atom. The van der Waals surface area contributed by atoms with E-state index in [1.54, 1.807) is 0 Å². The Labute approximate surface area is 104 Å². The van der Waals surface area contributed by atoms with Gasteiger partial charge >= 0.3 is 0 Å². The Morgan fingerprint density at radius 2 is 1.88 bits per heavy atom. The summed E-state index contributed by atoms with van der Waals surface area (Å²) in [5.41, 5.74) is 1.22. The molecule has 0 saturated heterocycles. The highest BCUT2D eigenvalue weighted by Gasteiger charge is 2.22. The molecule has 1 rings (SSSR count). The Kier molecular flexibility index (Phi) is 4.63. The Morgan fingerprint density at radius 3 is 2.35 bits per heavy atom. The number of carbonyl (C=O) groups excluding carboxylic acids is 1. The molecule has 0 amide bonds. The number of hydrazone groups is 1. The van der Waals surface area contributed by atoms with Gasteiger partial charge in [0.15, 0.2) is 14.0 Å². The Balaban J connectivity index is 2.82. The average molecular weight is 248 g/mol. The smallest absolute Gasteiger partial charge is 0.172 e. The van der Waals surface area contributed by atoms with E-state index in [4.69, 9.17) is 0 Å².